The molecule has 1 amide bonds. The van der Waals surface area contributed by atoms with E-state index in [1.165, 1.54) is 11.8 Å². The first-order valence-electron chi connectivity index (χ1n) is 9.46. The molecule has 0 spiro atoms. The van der Waals surface area contributed by atoms with E-state index in [0.717, 1.165) is 41.5 Å². The topological polar surface area (TPSA) is 72.7 Å². The monoisotopic (exact) mass is 385 g/mol. The molecule has 0 bridgehead atoms. The number of nitrogens with one attached hydrogen (secondary N) is 1. The van der Waals surface area contributed by atoms with Crippen LogP contribution in [0.15, 0.2) is 29.4 Å². The maximum atomic E-state index is 12.5. The Labute approximate surface area is 164 Å². The summed E-state index contributed by atoms with van der Waals surface area (Å²) in [5.41, 5.74) is 2.54. The van der Waals surface area contributed by atoms with Crippen LogP contribution in [0.3, 0.4) is 0 Å². The quantitative estimate of drug-likeness (QED) is 0.618. The molecule has 0 aliphatic rings. The number of thioether (sulfide) groups is 1. The van der Waals surface area contributed by atoms with Crippen molar-refractivity contribution in [2.75, 3.05) is 0 Å². The van der Waals surface area contributed by atoms with E-state index in [1.807, 2.05) is 32.9 Å². The molecule has 1 atom stereocenters. The molecule has 0 radical (unpaired) electrons. The van der Waals surface area contributed by atoms with E-state index in [1.54, 1.807) is 0 Å². The minimum Gasteiger partial charge on any atom is -0.350 e. The molecule has 0 aliphatic heterocycles. The molecule has 0 fully saturated rings. The summed E-state index contributed by atoms with van der Waals surface area (Å²) in [6, 6.07) is 8.17. The summed E-state index contributed by atoms with van der Waals surface area (Å²) in [6.45, 7) is 11.0. The van der Waals surface area contributed by atoms with E-state index < -0.39 is 0 Å². The van der Waals surface area contributed by atoms with Gasteiger partial charge in [0.25, 0.3) is 0 Å². The Morgan fingerprint density at radius 3 is 2.70 bits per heavy atom. The van der Waals surface area contributed by atoms with Gasteiger partial charge in [-0.05, 0) is 39.7 Å². The van der Waals surface area contributed by atoms with Gasteiger partial charge in [-0.3, -0.25) is 4.79 Å². The summed E-state index contributed by atoms with van der Waals surface area (Å²) >= 11 is 1.34. The number of aromatic nitrogens is 4. The van der Waals surface area contributed by atoms with Crippen molar-refractivity contribution in [2.24, 2.45) is 0 Å². The van der Waals surface area contributed by atoms with Gasteiger partial charge in [0.2, 0.25) is 11.1 Å². The molecule has 144 valence electrons. The third-order valence-corrected chi connectivity index (χ3v) is 5.75. The number of amides is 1. The number of aryl methyl sites for hydroxylation is 1. The normalized spacial score (nSPS) is 13.2. The molecule has 2 aromatic heterocycles. The molecule has 1 aromatic carbocycles. The number of para-hydroxylation sites is 1. The van der Waals surface area contributed by atoms with E-state index in [2.05, 4.69) is 46.1 Å². The standard InChI is InChI=1S/C20H27N5OS/c1-6-12-25-15-11-9-8-10-14(15)16-17(25)21-19(24-23-16)27-13(3)18(26)22-20(4,5)7-2/h8-11,13H,6-7,12H2,1-5H3,(H,22,26). The van der Waals surface area contributed by atoms with E-state index in [-0.39, 0.29) is 16.7 Å². The summed E-state index contributed by atoms with van der Waals surface area (Å²) in [5, 5.41) is 13.1. The van der Waals surface area contributed by atoms with Crippen LogP contribution in [0.2, 0.25) is 0 Å². The van der Waals surface area contributed by atoms with Crippen LogP contribution in [-0.4, -0.2) is 36.4 Å². The smallest absolute Gasteiger partial charge is 0.233 e. The first-order valence-corrected chi connectivity index (χ1v) is 10.3. The number of hydrogen-bond donors (Lipinski definition) is 1. The van der Waals surface area contributed by atoms with Crippen molar-refractivity contribution in [1.29, 1.82) is 0 Å². The first kappa shape index (κ1) is 19.6. The number of fused-ring (bicyclic) bond motifs is 3. The molecule has 7 heteroatoms. The molecule has 3 aromatic rings. The van der Waals surface area contributed by atoms with E-state index in [9.17, 15) is 4.79 Å². The molecule has 1 unspecified atom stereocenters. The minimum atomic E-state index is -0.293. The Balaban J connectivity index is 1.91. The molecule has 2 heterocycles. The summed E-state index contributed by atoms with van der Waals surface area (Å²) < 4.78 is 2.19. The minimum absolute atomic E-state index is 0.00958. The van der Waals surface area contributed by atoms with Gasteiger partial charge < -0.3 is 9.88 Å². The molecule has 3 rings (SSSR count). The third kappa shape index (κ3) is 4.08. The zero-order chi connectivity index (χ0) is 19.6. The van der Waals surface area contributed by atoms with Crippen LogP contribution < -0.4 is 5.32 Å². The molecule has 1 N–H and O–H groups in total. The lowest BCUT2D eigenvalue weighted by Crippen LogP contribution is -2.46. The van der Waals surface area contributed by atoms with Gasteiger partial charge in [-0.15, -0.1) is 10.2 Å². The Hall–Kier alpha value is -2.15. The Bertz CT molecular complexity index is 966. The summed E-state index contributed by atoms with van der Waals surface area (Å²) in [7, 11) is 0. The van der Waals surface area contributed by atoms with Crippen LogP contribution in [0.4, 0.5) is 0 Å². The van der Waals surface area contributed by atoms with Crippen LogP contribution in [-0.2, 0) is 11.3 Å². The Morgan fingerprint density at radius 1 is 1.26 bits per heavy atom. The second-order valence-electron chi connectivity index (χ2n) is 7.42. The fourth-order valence-corrected chi connectivity index (χ4v) is 3.63. The average molecular weight is 386 g/mol. The molecule has 0 saturated carbocycles. The number of carbonyl (C=O) groups excluding carboxylic acids is 1. The van der Waals surface area contributed by atoms with Crippen LogP contribution in [0.25, 0.3) is 22.1 Å². The summed E-state index contributed by atoms with van der Waals surface area (Å²) in [6.07, 6.45) is 1.88. The van der Waals surface area contributed by atoms with Crippen molar-refractivity contribution in [2.45, 2.75) is 70.0 Å². The van der Waals surface area contributed by atoms with E-state index in [4.69, 9.17) is 4.98 Å². The highest BCUT2D eigenvalue weighted by atomic mass is 32.2. The van der Waals surface area contributed by atoms with Gasteiger partial charge >= 0.3 is 0 Å². The number of rotatable bonds is 7. The van der Waals surface area contributed by atoms with Crippen molar-refractivity contribution in [3.05, 3.63) is 24.3 Å². The summed E-state index contributed by atoms with van der Waals surface area (Å²) in [4.78, 5) is 17.2. The van der Waals surface area contributed by atoms with Gasteiger partial charge in [-0.2, -0.15) is 0 Å². The lowest BCUT2D eigenvalue weighted by atomic mass is 10.0. The zero-order valence-corrected chi connectivity index (χ0v) is 17.4. The van der Waals surface area contributed by atoms with Crippen molar-refractivity contribution in [1.82, 2.24) is 25.1 Å². The van der Waals surface area contributed by atoms with Crippen LogP contribution in [0, 0.1) is 0 Å². The van der Waals surface area contributed by atoms with Crippen molar-refractivity contribution in [3.63, 3.8) is 0 Å². The van der Waals surface area contributed by atoms with Crippen molar-refractivity contribution in [3.8, 4) is 0 Å². The van der Waals surface area contributed by atoms with Crippen LogP contribution >= 0.6 is 11.8 Å². The highest BCUT2D eigenvalue weighted by Gasteiger charge is 2.24. The van der Waals surface area contributed by atoms with E-state index >= 15 is 0 Å². The van der Waals surface area contributed by atoms with Crippen molar-refractivity contribution < 1.29 is 4.79 Å². The molecule has 0 saturated heterocycles. The van der Waals surface area contributed by atoms with Gasteiger partial charge in [-0.1, -0.05) is 43.8 Å². The van der Waals surface area contributed by atoms with Gasteiger partial charge in [0.1, 0.15) is 5.52 Å². The zero-order valence-electron chi connectivity index (χ0n) is 16.6. The molecular formula is C20H27N5OS. The Morgan fingerprint density at radius 2 is 2.00 bits per heavy atom. The van der Waals surface area contributed by atoms with Crippen molar-refractivity contribution >= 4 is 39.7 Å². The highest BCUT2D eigenvalue weighted by molar-refractivity contribution is 8.00. The molecule has 6 nitrogen and oxygen atoms in total. The fraction of sp³-hybridized carbons (Fsp3) is 0.500. The van der Waals surface area contributed by atoms with E-state index in [0.29, 0.717) is 5.16 Å². The highest BCUT2D eigenvalue weighted by Crippen LogP contribution is 2.28. The van der Waals surface area contributed by atoms with Gasteiger partial charge in [-0.25, -0.2) is 4.98 Å². The second-order valence-corrected chi connectivity index (χ2v) is 8.73. The largest absolute Gasteiger partial charge is 0.350 e. The van der Waals surface area contributed by atoms with Gasteiger partial charge in [0.05, 0.1) is 10.8 Å². The predicted molar refractivity (Wildman–Crippen MR) is 111 cm³/mol. The predicted octanol–water partition coefficient (Wildman–Crippen LogP) is 4.17. The second kappa shape index (κ2) is 7.84. The molecule has 0 aliphatic carbocycles. The lowest BCUT2D eigenvalue weighted by Gasteiger charge is -2.26. The average Bonchev–Trinajstić information content (AvgIpc) is 2.95. The molecular weight excluding hydrogens is 358 g/mol. The van der Waals surface area contributed by atoms with Gasteiger partial charge in [0, 0.05) is 17.5 Å². The SMILES string of the molecule is CCCn1c2ccccc2c2nnc(SC(C)C(=O)NC(C)(C)CC)nc21. The number of hydrogen-bond acceptors (Lipinski definition) is 5. The number of nitrogens with zero attached hydrogens (tertiary/aromatic N) is 4. The number of benzene rings is 1. The lowest BCUT2D eigenvalue weighted by molar-refractivity contribution is -0.121. The summed E-state index contributed by atoms with van der Waals surface area (Å²) in [5.74, 6) is -0.00958. The maximum absolute atomic E-state index is 12.5. The van der Waals surface area contributed by atoms with Gasteiger partial charge in [0.15, 0.2) is 5.65 Å². The molecule has 27 heavy (non-hydrogen) atoms. The third-order valence-electron chi connectivity index (χ3n) is 4.80. The van der Waals surface area contributed by atoms with Crippen LogP contribution in [0.1, 0.15) is 47.5 Å². The Kier molecular flexibility index (Phi) is 5.69. The first-order chi connectivity index (χ1) is 12.9. The van der Waals surface area contributed by atoms with Crippen LogP contribution in [0.5, 0.6) is 0 Å². The fourth-order valence-electron chi connectivity index (χ4n) is 2.92. The number of carbonyl (C=O) groups is 1. The maximum Gasteiger partial charge on any atom is 0.233 e.